The fourth-order valence-corrected chi connectivity index (χ4v) is 3.91. The minimum absolute atomic E-state index is 0.0130. The third-order valence-electron chi connectivity index (χ3n) is 6.33. The highest BCUT2D eigenvalue weighted by atomic mass is 19.1. The Labute approximate surface area is 198 Å². The zero-order chi connectivity index (χ0) is 24.2. The lowest BCUT2D eigenvalue weighted by atomic mass is 10.0. The van der Waals surface area contributed by atoms with Crippen LogP contribution in [-0.4, -0.2) is 40.8 Å². The van der Waals surface area contributed by atoms with E-state index in [0.717, 1.165) is 24.0 Å². The van der Waals surface area contributed by atoms with Crippen LogP contribution in [0.5, 0.6) is 0 Å². The van der Waals surface area contributed by atoms with Gasteiger partial charge < -0.3 is 14.8 Å². The summed E-state index contributed by atoms with van der Waals surface area (Å²) < 4.78 is 21.7. The van der Waals surface area contributed by atoms with Crippen molar-refractivity contribution in [3.05, 3.63) is 66.0 Å². The number of imidazole rings is 1. The van der Waals surface area contributed by atoms with Gasteiger partial charge in [0.2, 0.25) is 0 Å². The van der Waals surface area contributed by atoms with Crippen molar-refractivity contribution >= 4 is 17.1 Å². The molecule has 1 aliphatic carbocycles. The fraction of sp³-hybridized carbons (Fsp3) is 0.250. The van der Waals surface area contributed by atoms with Crippen molar-refractivity contribution in [2.45, 2.75) is 31.7 Å². The molecule has 10 nitrogen and oxygen atoms in total. The summed E-state index contributed by atoms with van der Waals surface area (Å²) in [5.41, 5.74) is 3.70. The molecule has 1 saturated carbocycles. The molecule has 1 aromatic carbocycles. The monoisotopic (exact) mass is 472 g/mol. The maximum atomic E-state index is 15.0. The zero-order valence-electron chi connectivity index (χ0n) is 19.0. The Hall–Kier alpha value is -4.41. The molecular formula is C24H21FN8O2. The number of amides is 1. The van der Waals surface area contributed by atoms with Gasteiger partial charge in [0.15, 0.2) is 11.5 Å². The second-order valence-electron chi connectivity index (χ2n) is 9.02. The minimum atomic E-state index is -0.535. The molecule has 1 amide bonds. The van der Waals surface area contributed by atoms with Crippen LogP contribution in [0.25, 0.3) is 33.7 Å². The minimum Gasteiger partial charge on any atom is -0.344 e. The first kappa shape index (κ1) is 21.1. The SMILES string of the molecule is Cn1cc(-c2nc3nccc(-c4ccc(CNC(=O)c5nc(C6(C)CC6)no5)c(F)c4)c3[nH]2)cn1. The second-order valence-corrected chi connectivity index (χ2v) is 9.02. The third-order valence-corrected chi connectivity index (χ3v) is 6.33. The van der Waals surface area contributed by atoms with Gasteiger partial charge in [-0.05, 0) is 30.5 Å². The topological polar surface area (TPSA) is 127 Å². The van der Waals surface area contributed by atoms with E-state index in [4.69, 9.17) is 4.52 Å². The van der Waals surface area contributed by atoms with Crippen LogP contribution in [0, 0.1) is 5.82 Å². The Morgan fingerprint density at radius 1 is 1.26 bits per heavy atom. The number of halogens is 1. The summed E-state index contributed by atoms with van der Waals surface area (Å²) in [6.07, 6.45) is 7.14. The van der Waals surface area contributed by atoms with Gasteiger partial charge in [-0.2, -0.15) is 10.1 Å². The lowest BCUT2D eigenvalue weighted by Crippen LogP contribution is -2.23. The van der Waals surface area contributed by atoms with Crippen molar-refractivity contribution in [3.8, 4) is 22.5 Å². The molecule has 0 unspecified atom stereocenters. The Balaban J connectivity index is 1.21. The van der Waals surface area contributed by atoms with Gasteiger partial charge >= 0.3 is 11.8 Å². The molecule has 2 N–H and O–H groups in total. The number of carbonyl (C=O) groups excluding carboxylic acids is 1. The molecule has 0 atom stereocenters. The van der Waals surface area contributed by atoms with Crippen LogP contribution >= 0.6 is 0 Å². The first-order valence-electron chi connectivity index (χ1n) is 11.1. The van der Waals surface area contributed by atoms with Gasteiger partial charge in [0.1, 0.15) is 11.6 Å². The van der Waals surface area contributed by atoms with Gasteiger partial charge in [0.05, 0.1) is 17.3 Å². The smallest absolute Gasteiger partial charge is 0.315 e. The predicted molar refractivity (Wildman–Crippen MR) is 124 cm³/mol. The van der Waals surface area contributed by atoms with Gasteiger partial charge in [-0.1, -0.05) is 24.2 Å². The molecule has 1 aliphatic rings. The number of aromatic nitrogens is 7. The van der Waals surface area contributed by atoms with Crippen LogP contribution in [-0.2, 0) is 19.0 Å². The summed E-state index contributed by atoms with van der Waals surface area (Å²) in [5, 5.41) is 10.7. The normalized spacial score (nSPS) is 14.4. The van der Waals surface area contributed by atoms with Crippen LogP contribution < -0.4 is 5.32 Å². The summed E-state index contributed by atoms with van der Waals surface area (Å²) in [6.45, 7) is 2.01. The van der Waals surface area contributed by atoms with Gasteiger partial charge in [-0.3, -0.25) is 9.48 Å². The molecule has 6 rings (SSSR count). The number of nitrogens with zero attached hydrogens (tertiary/aromatic N) is 6. The number of hydrogen-bond acceptors (Lipinski definition) is 7. The average Bonchev–Trinajstić information content (AvgIpc) is 3.26. The second kappa shape index (κ2) is 7.83. The average molecular weight is 472 g/mol. The summed E-state index contributed by atoms with van der Waals surface area (Å²) in [7, 11) is 1.83. The van der Waals surface area contributed by atoms with Gasteiger partial charge in [0, 0.05) is 42.5 Å². The number of aryl methyl sites for hydroxylation is 1. The molecule has 0 aliphatic heterocycles. The maximum absolute atomic E-state index is 15.0. The van der Waals surface area contributed by atoms with E-state index in [1.807, 2.05) is 20.2 Å². The molecule has 5 aromatic rings. The van der Waals surface area contributed by atoms with Crippen molar-refractivity contribution in [2.75, 3.05) is 0 Å². The summed E-state index contributed by atoms with van der Waals surface area (Å²) in [5.74, 6) is 0.0669. The van der Waals surface area contributed by atoms with Crippen molar-refractivity contribution in [1.29, 1.82) is 0 Å². The highest BCUT2D eigenvalue weighted by Gasteiger charge is 2.44. The lowest BCUT2D eigenvalue weighted by Gasteiger charge is -2.08. The molecule has 0 bridgehead atoms. The molecule has 4 aromatic heterocycles. The molecule has 0 radical (unpaired) electrons. The molecular weight excluding hydrogens is 451 g/mol. The van der Waals surface area contributed by atoms with Crippen LogP contribution in [0.15, 0.2) is 47.4 Å². The number of carbonyl (C=O) groups is 1. The van der Waals surface area contributed by atoms with Gasteiger partial charge in [-0.15, -0.1) is 0 Å². The van der Waals surface area contributed by atoms with E-state index in [2.05, 4.69) is 35.5 Å². The van der Waals surface area contributed by atoms with E-state index in [1.165, 1.54) is 6.07 Å². The number of pyridine rings is 1. The van der Waals surface area contributed by atoms with E-state index in [-0.39, 0.29) is 17.9 Å². The summed E-state index contributed by atoms with van der Waals surface area (Å²) in [6, 6.07) is 6.67. The number of nitrogens with one attached hydrogen (secondary N) is 2. The number of rotatable bonds is 6. The quantitative estimate of drug-likeness (QED) is 0.387. The standard InChI is InChI=1S/C24H21FN8O2/c1-24(6-7-24)23-31-22(35-32-23)21(34)27-10-14-4-3-13(9-17(14)25)16-5-8-26-20-18(16)29-19(30-20)15-11-28-33(2)12-15/h3-5,8-9,11-12H,6-7,10H2,1-2H3,(H,27,34)(H,26,29,30). The molecule has 1 fully saturated rings. The van der Waals surface area contributed by atoms with Crippen LogP contribution in [0.1, 0.15) is 41.8 Å². The van der Waals surface area contributed by atoms with E-state index in [1.54, 1.807) is 35.3 Å². The van der Waals surface area contributed by atoms with Crippen molar-refractivity contribution < 1.29 is 13.7 Å². The first-order chi connectivity index (χ1) is 16.9. The van der Waals surface area contributed by atoms with Crippen molar-refractivity contribution in [1.82, 2.24) is 40.2 Å². The fourth-order valence-electron chi connectivity index (χ4n) is 3.91. The van der Waals surface area contributed by atoms with Crippen LogP contribution in [0.3, 0.4) is 0 Å². The van der Waals surface area contributed by atoms with Crippen molar-refractivity contribution in [2.24, 2.45) is 7.05 Å². The number of H-pyrrole nitrogens is 1. The Morgan fingerprint density at radius 3 is 2.86 bits per heavy atom. The number of hydrogen-bond donors (Lipinski definition) is 2. The van der Waals surface area contributed by atoms with E-state index in [9.17, 15) is 9.18 Å². The number of aromatic amines is 1. The molecule has 35 heavy (non-hydrogen) atoms. The van der Waals surface area contributed by atoms with Crippen molar-refractivity contribution in [3.63, 3.8) is 0 Å². The summed E-state index contributed by atoms with van der Waals surface area (Å²) in [4.78, 5) is 28.7. The van der Waals surface area contributed by atoms with Gasteiger partial charge in [0.25, 0.3) is 0 Å². The highest BCUT2D eigenvalue weighted by Crippen LogP contribution is 2.45. The third kappa shape index (κ3) is 3.84. The lowest BCUT2D eigenvalue weighted by molar-refractivity contribution is 0.0906. The Kier molecular flexibility index (Phi) is 4.73. The van der Waals surface area contributed by atoms with Crippen LogP contribution in [0.4, 0.5) is 4.39 Å². The van der Waals surface area contributed by atoms with Gasteiger partial charge in [-0.25, -0.2) is 14.4 Å². The summed E-state index contributed by atoms with van der Waals surface area (Å²) >= 11 is 0. The predicted octanol–water partition coefficient (Wildman–Crippen LogP) is 3.53. The number of benzene rings is 1. The Morgan fingerprint density at radius 2 is 2.11 bits per heavy atom. The van der Waals surface area contributed by atoms with E-state index < -0.39 is 11.7 Å². The van der Waals surface area contributed by atoms with E-state index in [0.29, 0.717) is 33.9 Å². The van der Waals surface area contributed by atoms with E-state index >= 15 is 0 Å². The number of fused-ring (bicyclic) bond motifs is 1. The maximum Gasteiger partial charge on any atom is 0.315 e. The first-order valence-corrected chi connectivity index (χ1v) is 11.1. The Bertz CT molecular complexity index is 1580. The largest absolute Gasteiger partial charge is 0.344 e. The molecule has 4 heterocycles. The zero-order valence-corrected chi connectivity index (χ0v) is 19.0. The molecule has 0 saturated heterocycles. The molecule has 11 heteroatoms. The molecule has 0 spiro atoms. The molecule has 176 valence electrons. The highest BCUT2D eigenvalue weighted by molar-refractivity contribution is 5.91. The van der Waals surface area contributed by atoms with Crippen LogP contribution in [0.2, 0.25) is 0 Å².